The van der Waals surface area contributed by atoms with E-state index in [-0.39, 0.29) is 39.1 Å². The molecule has 6 nitrogen and oxygen atoms in total. The van der Waals surface area contributed by atoms with Crippen LogP contribution < -0.4 is 0 Å². The standard InChI is InChI=1S/C15H15O6PS/c1-9(10-2-4-11(16)5-3-10)15(18)13-7-6-12(17)8-14(13)23-22(19,20)21/h2-9,16-17H,1H3,(H2,19,20,21). The maximum absolute atomic E-state index is 12.6. The molecular weight excluding hydrogens is 339 g/mol. The third-order valence-electron chi connectivity index (χ3n) is 3.23. The fourth-order valence-corrected chi connectivity index (χ4v) is 3.98. The molecule has 2 rings (SSSR count). The van der Waals surface area contributed by atoms with Crippen LogP contribution in [0.4, 0.5) is 0 Å². The second kappa shape index (κ2) is 6.76. The molecule has 0 bridgehead atoms. The number of benzene rings is 2. The van der Waals surface area contributed by atoms with E-state index < -0.39 is 12.7 Å². The molecule has 1 atom stereocenters. The molecule has 0 saturated heterocycles. The van der Waals surface area contributed by atoms with E-state index in [9.17, 15) is 19.6 Å². The number of Topliss-reactive ketones (excluding diaryl/α,β-unsaturated/α-hetero) is 1. The summed E-state index contributed by atoms with van der Waals surface area (Å²) in [5.41, 5.74) is 0.782. The summed E-state index contributed by atoms with van der Waals surface area (Å²) in [5, 5.41) is 18.8. The number of carbonyl (C=O) groups is 1. The first-order valence-corrected chi connectivity index (χ1v) is 9.62. The normalized spacial score (nSPS) is 12.8. The van der Waals surface area contributed by atoms with Crippen LogP contribution in [0.5, 0.6) is 11.5 Å². The molecule has 0 amide bonds. The van der Waals surface area contributed by atoms with Crippen molar-refractivity contribution in [1.29, 1.82) is 0 Å². The molecular formula is C15H15O6PS. The summed E-state index contributed by atoms with van der Waals surface area (Å²) in [5.74, 6) is -1.02. The van der Waals surface area contributed by atoms with Crippen molar-refractivity contribution < 1.29 is 29.4 Å². The Hall–Kier alpha value is -1.79. The third kappa shape index (κ3) is 4.59. The number of phenolic OH excluding ortho intramolecular Hbond substituents is 2. The van der Waals surface area contributed by atoms with Crippen molar-refractivity contribution in [2.24, 2.45) is 0 Å². The van der Waals surface area contributed by atoms with Crippen molar-refractivity contribution in [2.75, 3.05) is 0 Å². The van der Waals surface area contributed by atoms with E-state index >= 15 is 0 Å². The minimum Gasteiger partial charge on any atom is -0.508 e. The van der Waals surface area contributed by atoms with E-state index in [4.69, 9.17) is 9.79 Å². The van der Waals surface area contributed by atoms with Gasteiger partial charge in [-0.05, 0) is 47.3 Å². The van der Waals surface area contributed by atoms with Gasteiger partial charge in [0.05, 0.1) is 0 Å². The van der Waals surface area contributed by atoms with Gasteiger partial charge >= 0.3 is 6.80 Å². The monoisotopic (exact) mass is 354 g/mol. The molecule has 23 heavy (non-hydrogen) atoms. The largest absolute Gasteiger partial charge is 0.508 e. The molecule has 2 aromatic rings. The molecule has 0 aliphatic heterocycles. The highest BCUT2D eigenvalue weighted by Gasteiger charge is 2.25. The van der Waals surface area contributed by atoms with Crippen molar-refractivity contribution >= 4 is 24.0 Å². The molecule has 0 spiro atoms. The number of hydrogen-bond acceptors (Lipinski definition) is 5. The van der Waals surface area contributed by atoms with Gasteiger partial charge in [-0.2, -0.15) is 0 Å². The summed E-state index contributed by atoms with van der Waals surface area (Å²) in [6.07, 6.45) is 0. The molecule has 122 valence electrons. The molecule has 0 aliphatic rings. The highest BCUT2D eigenvalue weighted by atomic mass is 32.7. The molecule has 8 heteroatoms. The van der Waals surface area contributed by atoms with Crippen LogP contribution >= 0.6 is 18.2 Å². The van der Waals surface area contributed by atoms with Gasteiger partial charge in [-0.3, -0.25) is 4.79 Å². The molecule has 0 radical (unpaired) electrons. The Morgan fingerprint density at radius 3 is 2.17 bits per heavy atom. The number of phenols is 2. The Morgan fingerprint density at radius 2 is 1.61 bits per heavy atom. The second-order valence-corrected chi connectivity index (χ2v) is 8.52. The summed E-state index contributed by atoms with van der Waals surface area (Å²) >= 11 is 0.231. The zero-order valence-electron chi connectivity index (χ0n) is 12.1. The van der Waals surface area contributed by atoms with Gasteiger partial charge < -0.3 is 20.0 Å². The van der Waals surface area contributed by atoms with Crippen LogP contribution in [0.2, 0.25) is 0 Å². The fraction of sp³-hybridized carbons (Fsp3) is 0.133. The van der Waals surface area contributed by atoms with E-state index in [1.807, 2.05) is 0 Å². The quantitative estimate of drug-likeness (QED) is 0.481. The zero-order chi connectivity index (χ0) is 17.2. The summed E-state index contributed by atoms with van der Waals surface area (Å²) in [6.45, 7) is -2.80. The van der Waals surface area contributed by atoms with Crippen LogP contribution in [0.1, 0.15) is 28.8 Å². The number of aromatic hydroxyl groups is 2. The highest BCUT2D eigenvalue weighted by Crippen LogP contribution is 2.56. The van der Waals surface area contributed by atoms with Crippen LogP contribution in [0, 0.1) is 0 Å². The van der Waals surface area contributed by atoms with Crippen LogP contribution in [-0.4, -0.2) is 25.8 Å². The molecule has 0 fully saturated rings. The predicted octanol–water partition coefficient (Wildman–Crippen LogP) is 3.27. The van der Waals surface area contributed by atoms with Gasteiger partial charge in [0, 0.05) is 16.4 Å². The van der Waals surface area contributed by atoms with Gasteiger partial charge in [0.15, 0.2) is 5.78 Å². The first kappa shape index (κ1) is 17.6. The van der Waals surface area contributed by atoms with E-state index in [2.05, 4.69) is 0 Å². The number of hydrogen-bond donors (Lipinski definition) is 4. The molecule has 2 aromatic carbocycles. The smallest absolute Gasteiger partial charge is 0.388 e. The molecule has 0 aromatic heterocycles. The first-order chi connectivity index (χ1) is 10.7. The average molecular weight is 354 g/mol. The Kier molecular flexibility index (Phi) is 5.16. The molecule has 0 aliphatic carbocycles. The Balaban J connectivity index is 2.38. The Labute approximate surface area is 136 Å². The van der Waals surface area contributed by atoms with Crippen molar-refractivity contribution in [2.45, 2.75) is 17.7 Å². The SMILES string of the molecule is CC(C(=O)c1ccc(O)cc1SP(=O)(O)O)c1ccc(O)cc1. The average Bonchev–Trinajstić information content (AvgIpc) is 2.45. The summed E-state index contributed by atoms with van der Waals surface area (Å²) < 4.78 is 11.2. The van der Waals surface area contributed by atoms with Gasteiger partial charge in [0.25, 0.3) is 0 Å². The number of rotatable bonds is 5. The number of ketones is 1. The van der Waals surface area contributed by atoms with Crippen molar-refractivity contribution in [1.82, 2.24) is 0 Å². The van der Waals surface area contributed by atoms with Gasteiger partial charge in [-0.1, -0.05) is 19.1 Å². The van der Waals surface area contributed by atoms with E-state index in [1.165, 1.54) is 24.3 Å². The van der Waals surface area contributed by atoms with Crippen molar-refractivity contribution in [3.05, 3.63) is 53.6 Å². The summed E-state index contributed by atoms with van der Waals surface area (Å²) in [7, 11) is 0. The first-order valence-electron chi connectivity index (χ1n) is 6.58. The maximum Gasteiger partial charge on any atom is 0.388 e. The minimum atomic E-state index is -4.46. The summed E-state index contributed by atoms with van der Waals surface area (Å²) in [4.78, 5) is 30.9. The van der Waals surface area contributed by atoms with Crippen LogP contribution in [-0.2, 0) is 4.57 Å². The van der Waals surface area contributed by atoms with Gasteiger partial charge in [0.1, 0.15) is 11.5 Å². The van der Waals surface area contributed by atoms with Gasteiger partial charge in [0.2, 0.25) is 0 Å². The third-order valence-corrected chi connectivity index (χ3v) is 5.31. The topological polar surface area (TPSA) is 115 Å². The minimum absolute atomic E-state index is 0.0222. The molecule has 0 heterocycles. The Bertz CT molecular complexity index is 768. The van der Waals surface area contributed by atoms with Gasteiger partial charge in [-0.25, -0.2) is 4.57 Å². The second-order valence-electron chi connectivity index (χ2n) is 4.94. The lowest BCUT2D eigenvalue weighted by Crippen LogP contribution is -2.10. The van der Waals surface area contributed by atoms with Crippen molar-refractivity contribution in [3.8, 4) is 11.5 Å². The van der Waals surface area contributed by atoms with Crippen LogP contribution in [0.15, 0.2) is 47.4 Å². The van der Waals surface area contributed by atoms with E-state index in [0.717, 1.165) is 6.07 Å². The number of carbonyl (C=O) groups excluding carboxylic acids is 1. The van der Waals surface area contributed by atoms with Gasteiger partial charge in [-0.15, -0.1) is 0 Å². The molecule has 0 saturated carbocycles. The lowest BCUT2D eigenvalue weighted by molar-refractivity contribution is 0.0963. The predicted molar refractivity (Wildman–Crippen MR) is 86.9 cm³/mol. The lowest BCUT2D eigenvalue weighted by atomic mass is 9.92. The van der Waals surface area contributed by atoms with Crippen molar-refractivity contribution in [3.63, 3.8) is 0 Å². The fourth-order valence-electron chi connectivity index (χ4n) is 2.07. The summed E-state index contributed by atoms with van der Waals surface area (Å²) in [6, 6.07) is 9.91. The van der Waals surface area contributed by atoms with E-state index in [1.54, 1.807) is 19.1 Å². The highest BCUT2D eigenvalue weighted by molar-refractivity contribution is 8.54. The lowest BCUT2D eigenvalue weighted by Gasteiger charge is -2.14. The molecule has 4 N–H and O–H groups in total. The van der Waals surface area contributed by atoms with E-state index in [0.29, 0.717) is 5.56 Å². The van der Waals surface area contributed by atoms with Crippen LogP contribution in [0.3, 0.4) is 0 Å². The Morgan fingerprint density at radius 1 is 1.04 bits per heavy atom. The maximum atomic E-state index is 12.6. The molecule has 1 unspecified atom stereocenters. The van der Waals surface area contributed by atoms with Crippen LogP contribution in [0.25, 0.3) is 0 Å². The zero-order valence-corrected chi connectivity index (χ0v) is 13.8.